The maximum atomic E-state index is 13.2. The third-order valence-electron chi connectivity index (χ3n) is 11.3. The zero-order valence-corrected chi connectivity index (χ0v) is 30.7. The highest BCUT2D eigenvalue weighted by Gasteiger charge is 2.45. The summed E-state index contributed by atoms with van der Waals surface area (Å²) in [7, 11) is 0. The SMILES string of the molecule is Nc1ncnc2c1c(-c1ccc(Oc3ccccc3)cc1)nn2[C@H]1CC[C@@H](NCCNC2CN(c3ccc4c(c3)C(=O)N([C@@H]3CCC(=O)NC3=O)C4=O)C2)CC1. The van der Waals surface area contributed by atoms with Gasteiger partial charge in [0, 0.05) is 55.9 Å². The number of anilines is 2. The molecule has 3 aliphatic heterocycles. The fraction of sp³-hybridized carbons (Fsp3) is 0.341. The van der Waals surface area contributed by atoms with Crippen LogP contribution in [-0.4, -0.2) is 92.6 Å². The van der Waals surface area contributed by atoms with Gasteiger partial charge in [0.1, 0.15) is 35.4 Å². The fourth-order valence-corrected chi connectivity index (χ4v) is 8.31. The number of piperidine rings is 1. The van der Waals surface area contributed by atoms with Crippen LogP contribution in [0.4, 0.5) is 11.5 Å². The summed E-state index contributed by atoms with van der Waals surface area (Å²) in [5.41, 5.74) is 10.3. The van der Waals surface area contributed by atoms with Gasteiger partial charge in [-0.1, -0.05) is 18.2 Å². The summed E-state index contributed by atoms with van der Waals surface area (Å²) < 4.78 is 8.03. The quantitative estimate of drug-likeness (QED) is 0.113. The Morgan fingerprint density at radius 2 is 1.50 bits per heavy atom. The van der Waals surface area contributed by atoms with Crippen LogP contribution in [0.1, 0.15) is 65.3 Å². The first-order chi connectivity index (χ1) is 27.3. The maximum Gasteiger partial charge on any atom is 0.262 e. The molecule has 4 aliphatic rings. The number of ether oxygens (including phenoxy) is 1. The van der Waals surface area contributed by atoms with Gasteiger partial charge < -0.3 is 26.0 Å². The van der Waals surface area contributed by atoms with Crippen LogP contribution in [0.15, 0.2) is 79.1 Å². The lowest BCUT2D eigenvalue weighted by Gasteiger charge is -2.41. The second-order valence-electron chi connectivity index (χ2n) is 14.9. The van der Waals surface area contributed by atoms with E-state index in [1.54, 1.807) is 12.1 Å². The first-order valence-corrected chi connectivity index (χ1v) is 19.2. The Morgan fingerprint density at radius 3 is 2.25 bits per heavy atom. The van der Waals surface area contributed by atoms with Crippen LogP contribution in [0, 0.1) is 0 Å². The highest BCUT2D eigenvalue weighted by Crippen LogP contribution is 2.37. The molecule has 1 saturated carbocycles. The Hall–Kier alpha value is -6.19. The molecule has 0 radical (unpaired) electrons. The summed E-state index contributed by atoms with van der Waals surface area (Å²) in [6.07, 6.45) is 5.70. The van der Waals surface area contributed by atoms with Gasteiger partial charge in [-0.3, -0.25) is 29.4 Å². The van der Waals surface area contributed by atoms with Gasteiger partial charge >= 0.3 is 0 Å². The zero-order valence-electron chi connectivity index (χ0n) is 30.7. The largest absolute Gasteiger partial charge is 0.457 e. The van der Waals surface area contributed by atoms with Crippen molar-refractivity contribution in [3.05, 3.63) is 90.3 Å². The second kappa shape index (κ2) is 14.8. The lowest BCUT2D eigenvalue weighted by atomic mass is 9.91. The summed E-state index contributed by atoms with van der Waals surface area (Å²) in [5.74, 6) is -0.0632. The summed E-state index contributed by atoms with van der Waals surface area (Å²) in [6.45, 7) is 3.24. The van der Waals surface area contributed by atoms with E-state index in [0.717, 1.165) is 96.2 Å². The highest BCUT2D eigenvalue weighted by molar-refractivity contribution is 6.23. The van der Waals surface area contributed by atoms with Crippen molar-refractivity contribution in [2.75, 3.05) is 36.8 Å². The predicted octanol–water partition coefficient (Wildman–Crippen LogP) is 3.82. The van der Waals surface area contributed by atoms with Crippen LogP contribution >= 0.6 is 0 Å². The number of nitrogens with two attached hydrogens (primary N) is 1. The highest BCUT2D eigenvalue weighted by atomic mass is 16.5. The summed E-state index contributed by atoms with van der Waals surface area (Å²) in [5, 5.41) is 15.4. The third kappa shape index (κ3) is 6.73. The van der Waals surface area contributed by atoms with Crippen molar-refractivity contribution in [1.29, 1.82) is 0 Å². The number of nitrogens with one attached hydrogen (secondary N) is 3. The van der Waals surface area contributed by atoms with Crippen molar-refractivity contribution >= 4 is 46.2 Å². The van der Waals surface area contributed by atoms with Crippen LogP contribution in [0.2, 0.25) is 0 Å². The Balaban J connectivity index is 0.745. The molecule has 9 rings (SSSR count). The van der Waals surface area contributed by atoms with Crippen molar-refractivity contribution in [1.82, 2.24) is 40.6 Å². The number of amides is 4. The molecule has 5 heterocycles. The smallest absolute Gasteiger partial charge is 0.262 e. The molecule has 3 fully saturated rings. The van der Waals surface area contributed by atoms with Crippen molar-refractivity contribution in [3.8, 4) is 22.8 Å². The molecular formula is C41H42N10O5. The first-order valence-electron chi connectivity index (χ1n) is 19.2. The average molecular weight is 755 g/mol. The van der Waals surface area contributed by atoms with Crippen molar-refractivity contribution in [2.24, 2.45) is 0 Å². The molecule has 286 valence electrons. The van der Waals surface area contributed by atoms with E-state index < -0.39 is 29.7 Å². The number of nitrogens with zero attached hydrogens (tertiary/aromatic N) is 6. The zero-order chi connectivity index (χ0) is 38.3. The van der Waals surface area contributed by atoms with Crippen LogP contribution in [-0.2, 0) is 9.59 Å². The minimum atomic E-state index is -0.971. The number of hydrogen-bond donors (Lipinski definition) is 4. The number of benzene rings is 3. The number of nitrogen functional groups attached to an aromatic ring is 1. The molecule has 15 heteroatoms. The number of hydrogen-bond acceptors (Lipinski definition) is 12. The minimum Gasteiger partial charge on any atom is -0.457 e. The molecule has 15 nitrogen and oxygen atoms in total. The second-order valence-corrected chi connectivity index (χ2v) is 14.9. The lowest BCUT2D eigenvalue weighted by molar-refractivity contribution is -0.136. The number of carbonyl (C=O) groups is 4. The van der Waals surface area contributed by atoms with Gasteiger partial charge in [0.2, 0.25) is 11.8 Å². The van der Waals surface area contributed by atoms with E-state index in [-0.39, 0.29) is 24.4 Å². The Labute approximate surface area is 322 Å². The molecule has 3 aromatic carbocycles. The maximum absolute atomic E-state index is 13.2. The molecule has 1 atom stereocenters. The first kappa shape index (κ1) is 35.5. The number of carbonyl (C=O) groups excluding carboxylic acids is 4. The molecule has 5 aromatic rings. The number of aromatic nitrogens is 4. The molecule has 4 amide bonds. The van der Waals surface area contributed by atoms with Gasteiger partial charge in [-0.2, -0.15) is 5.10 Å². The Bertz CT molecular complexity index is 2320. The van der Waals surface area contributed by atoms with Gasteiger partial charge in [-0.05, 0) is 86.7 Å². The van der Waals surface area contributed by atoms with Crippen molar-refractivity contribution in [3.63, 3.8) is 0 Å². The van der Waals surface area contributed by atoms with E-state index in [9.17, 15) is 19.2 Å². The van der Waals surface area contributed by atoms with Crippen LogP contribution < -0.4 is 31.3 Å². The van der Waals surface area contributed by atoms with E-state index in [1.165, 1.54) is 6.33 Å². The molecular weight excluding hydrogens is 713 g/mol. The van der Waals surface area contributed by atoms with Crippen LogP contribution in [0.3, 0.4) is 0 Å². The molecule has 56 heavy (non-hydrogen) atoms. The molecule has 1 aliphatic carbocycles. The van der Waals surface area contributed by atoms with E-state index in [2.05, 4.69) is 30.8 Å². The van der Waals surface area contributed by atoms with Gasteiger partial charge in [-0.15, -0.1) is 0 Å². The Morgan fingerprint density at radius 1 is 0.786 bits per heavy atom. The number of rotatable bonds is 11. The normalized spacial score (nSPS) is 21.3. The van der Waals surface area contributed by atoms with E-state index >= 15 is 0 Å². The molecule has 2 aromatic heterocycles. The van der Waals surface area contributed by atoms with E-state index in [1.807, 2.05) is 65.3 Å². The molecule has 0 unspecified atom stereocenters. The lowest BCUT2D eigenvalue weighted by Crippen LogP contribution is -2.59. The number of para-hydroxylation sites is 1. The summed E-state index contributed by atoms with van der Waals surface area (Å²) in [4.78, 5) is 62.3. The van der Waals surface area contributed by atoms with Gasteiger partial charge in [0.05, 0.1) is 22.6 Å². The van der Waals surface area contributed by atoms with E-state index in [4.69, 9.17) is 15.6 Å². The topological polar surface area (TPSA) is 190 Å². The van der Waals surface area contributed by atoms with Crippen molar-refractivity contribution in [2.45, 2.75) is 62.7 Å². The van der Waals surface area contributed by atoms with Gasteiger partial charge in [0.15, 0.2) is 5.65 Å². The fourth-order valence-electron chi connectivity index (χ4n) is 8.31. The third-order valence-corrected chi connectivity index (χ3v) is 11.3. The van der Waals surface area contributed by atoms with Crippen molar-refractivity contribution < 1.29 is 23.9 Å². The number of imide groups is 2. The van der Waals surface area contributed by atoms with E-state index in [0.29, 0.717) is 23.5 Å². The minimum absolute atomic E-state index is 0.0922. The van der Waals surface area contributed by atoms with Crippen LogP contribution in [0.25, 0.3) is 22.3 Å². The Kier molecular flexibility index (Phi) is 9.39. The molecule has 0 spiro atoms. The number of fused-ring (bicyclic) bond motifs is 2. The average Bonchev–Trinajstić information content (AvgIpc) is 3.70. The van der Waals surface area contributed by atoms with Gasteiger partial charge in [-0.25, -0.2) is 14.6 Å². The predicted molar refractivity (Wildman–Crippen MR) is 208 cm³/mol. The summed E-state index contributed by atoms with van der Waals surface area (Å²) in [6, 6.07) is 22.7. The standard InChI is InChI=1S/C41H42N10O5/c42-37-35-36(24-6-13-30(14-7-24)56-29-4-2-1-3-5-29)48-51(38(35)46-23-45-37)27-10-8-25(9-11-27)43-18-19-44-26-21-49(22-26)28-12-15-31-32(20-28)41(55)50(40(31)54)33-16-17-34(52)47-39(33)53/h1-7,12-15,20,23,25-27,33,43-44H,8-11,16-19,21-22H2,(H2,42,45,46)(H,47,52,53)/t25-,27+,33-/m1/s1. The summed E-state index contributed by atoms with van der Waals surface area (Å²) >= 11 is 0. The molecule has 2 saturated heterocycles. The van der Waals surface area contributed by atoms with Crippen LogP contribution in [0.5, 0.6) is 11.5 Å². The monoisotopic (exact) mass is 754 g/mol. The van der Waals surface area contributed by atoms with Gasteiger partial charge in [0.25, 0.3) is 11.8 Å². The molecule has 0 bridgehead atoms. The molecule has 5 N–H and O–H groups in total.